The lowest BCUT2D eigenvalue weighted by molar-refractivity contribution is -0.111. The van der Waals surface area contributed by atoms with Crippen LogP contribution >= 0.6 is 0 Å². The van der Waals surface area contributed by atoms with E-state index in [-0.39, 0.29) is 5.71 Å². The second-order valence-corrected chi connectivity index (χ2v) is 1.71. The molecule has 2 heteroatoms. The molecule has 0 saturated heterocycles. The van der Waals surface area contributed by atoms with Crippen LogP contribution in [0.3, 0.4) is 0 Å². The fourth-order valence-electron chi connectivity index (χ4n) is 0.506. The zero-order chi connectivity index (χ0) is 12.1. The summed E-state index contributed by atoms with van der Waals surface area (Å²) in [6.45, 7) is -1.55. The highest BCUT2D eigenvalue weighted by Gasteiger charge is 2.07. The third-order valence-corrected chi connectivity index (χ3v) is 0.997. The molecule has 0 fully saturated rings. The van der Waals surface area contributed by atoms with Gasteiger partial charge in [0.2, 0.25) is 0 Å². The first kappa shape index (κ1) is 2.19. The van der Waals surface area contributed by atoms with Crippen LogP contribution in [0.5, 0.6) is 0 Å². The molecule has 0 aromatic rings. The molecule has 0 radical (unpaired) electrons. The van der Waals surface area contributed by atoms with Gasteiger partial charge in [-0.15, -0.1) is 0 Å². The van der Waals surface area contributed by atoms with E-state index in [1.54, 1.807) is 0 Å². The predicted molar refractivity (Wildman–Crippen MR) is 36.8 cm³/mol. The smallest absolute Gasteiger partial charge is 0.173 e. The molecule has 2 nitrogen and oxygen atoms in total. The van der Waals surface area contributed by atoms with Crippen LogP contribution < -0.4 is 0 Å². The maximum absolute atomic E-state index is 11.0. The highest BCUT2D eigenvalue weighted by molar-refractivity contribution is 6.39. The molecule has 0 aliphatic carbocycles. The Labute approximate surface area is 63.4 Å². The minimum absolute atomic E-state index is 0.236. The molecule has 0 aromatic heterocycles. The Balaban J connectivity index is 3.28. The molecule has 1 heterocycles. The number of nitrogens with zero attached hydrogens (tertiary/aromatic N) is 1. The molecule has 1 aliphatic heterocycles. The van der Waals surface area contributed by atoms with E-state index in [1.165, 1.54) is 0 Å². The molecular weight excluding hydrogens is 114 g/mol. The number of carbonyl (C=O) groups excluding carboxylic acids is 1. The Morgan fingerprint density at radius 2 is 2.56 bits per heavy atom. The monoisotopic (exact) mass is 131 g/mol. The van der Waals surface area contributed by atoms with Gasteiger partial charge in [0, 0.05) is 18.9 Å². The summed E-state index contributed by atoms with van der Waals surface area (Å²) in [7, 11) is 0. The quantitative estimate of drug-likeness (QED) is 0.525. The van der Waals surface area contributed by atoms with Crippen LogP contribution in [0.15, 0.2) is 4.99 Å². The van der Waals surface area contributed by atoms with Gasteiger partial charge in [0.05, 0.1) is 8.45 Å². The number of carbonyl (C=O) groups is 1. The Kier molecular flexibility index (Phi) is 0.670. The SMILES string of the molecule is [2H]C1([2H])CC(C(C)=O)=NC([2H])([2H])C1([2H])[2H]. The standard InChI is InChI=1S/C7H11NO/c1-6(9)7-4-2-3-5-8-7/h2-5H2,1H3/i2D2,3D2,5D2. The van der Waals surface area contributed by atoms with E-state index in [0.717, 1.165) is 6.92 Å². The van der Waals surface area contributed by atoms with E-state index in [1.807, 2.05) is 0 Å². The van der Waals surface area contributed by atoms with Gasteiger partial charge in [-0.2, -0.15) is 0 Å². The molecule has 1 rings (SSSR count). The summed E-state index contributed by atoms with van der Waals surface area (Å²) in [6, 6.07) is 0. The second-order valence-electron chi connectivity index (χ2n) is 1.71. The summed E-state index contributed by atoms with van der Waals surface area (Å²) in [5.74, 6) is -0.529. The molecule has 0 spiro atoms. The zero-order valence-corrected chi connectivity index (χ0v) is 5.06. The summed E-state index contributed by atoms with van der Waals surface area (Å²) in [4.78, 5) is 14.3. The van der Waals surface area contributed by atoms with Crippen molar-refractivity contribution in [3.63, 3.8) is 0 Å². The van der Waals surface area contributed by atoms with E-state index in [0.29, 0.717) is 0 Å². The number of hydrogen-bond acceptors (Lipinski definition) is 2. The second kappa shape index (κ2) is 2.76. The minimum atomic E-state index is -2.74. The number of aliphatic imine (C=N–C) groups is 1. The summed E-state index contributed by atoms with van der Waals surface area (Å²) < 4.78 is 44.2. The summed E-state index contributed by atoms with van der Waals surface area (Å²) in [5.41, 5.74) is -0.236. The lowest BCUT2D eigenvalue weighted by Crippen LogP contribution is -2.14. The average Bonchev–Trinajstić information content (AvgIpc) is 1.99. The van der Waals surface area contributed by atoms with Crippen molar-refractivity contribution in [2.24, 2.45) is 4.99 Å². The molecule has 0 N–H and O–H groups in total. The normalized spacial score (nSPS) is 45.7. The van der Waals surface area contributed by atoms with E-state index < -0.39 is 31.4 Å². The van der Waals surface area contributed by atoms with Crippen molar-refractivity contribution >= 4 is 11.5 Å². The maximum Gasteiger partial charge on any atom is 0.173 e. The number of Topliss-reactive ketones (excluding diaryl/α,β-unsaturated/α-hetero) is 1. The summed E-state index contributed by atoms with van der Waals surface area (Å²) >= 11 is 0. The fourth-order valence-corrected chi connectivity index (χ4v) is 0.506. The van der Waals surface area contributed by atoms with Crippen molar-refractivity contribution in [3.05, 3.63) is 0 Å². The number of ketones is 1. The molecule has 0 bridgehead atoms. The van der Waals surface area contributed by atoms with E-state index >= 15 is 0 Å². The van der Waals surface area contributed by atoms with Gasteiger partial charge in [-0.25, -0.2) is 0 Å². The first-order chi connectivity index (χ1) is 6.51. The molecule has 0 unspecified atom stereocenters. The van der Waals surface area contributed by atoms with Gasteiger partial charge in [-0.3, -0.25) is 9.79 Å². The van der Waals surface area contributed by atoms with E-state index in [9.17, 15) is 4.79 Å². The molecule has 50 valence electrons. The third kappa shape index (κ3) is 1.63. The van der Waals surface area contributed by atoms with Crippen LogP contribution in [0.2, 0.25) is 0 Å². The highest BCUT2D eigenvalue weighted by Crippen LogP contribution is 2.05. The van der Waals surface area contributed by atoms with Crippen LogP contribution in [-0.2, 0) is 4.79 Å². The minimum Gasteiger partial charge on any atom is -0.293 e. The van der Waals surface area contributed by atoms with Crippen molar-refractivity contribution in [2.45, 2.75) is 26.1 Å². The van der Waals surface area contributed by atoms with Crippen LogP contribution in [0, 0.1) is 0 Å². The van der Waals surface area contributed by atoms with E-state index in [4.69, 9.17) is 8.22 Å². The average molecular weight is 131 g/mol. The largest absolute Gasteiger partial charge is 0.293 e. The van der Waals surface area contributed by atoms with E-state index in [2.05, 4.69) is 4.99 Å². The van der Waals surface area contributed by atoms with Crippen molar-refractivity contribution in [3.8, 4) is 0 Å². The van der Waals surface area contributed by atoms with Gasteiger partial charge in [-0.1, -0.05) is 0 Å². The lowest BCUT2D eigenvalue weighted by atomic mass is 10.1. The van der Waals surface area contributed by atoms with Crippen LogP contribution in [0.4, 0.5) is 0 Å². The predicted octanol–water partition coefficient (Wildman–Crippen LogP) is 1.20. The Bertz CT molecular complexity index is 334. The van der Waals surface area contributed by atoms with Gasteiger partial charge >= 0.3 is 0 Å². The van der Waals surface area contributed by atoms with Gasteiger partial charge in [0.15, 0.2) is 5.78 Å². The first-order valence-corrected chi connectivity index (χ1v) is 2.61. The Hall–Kier alpha value is -0.660. The molecule has 0 aromatic carbocycles. The van der Waals surface area contributed by atoms with Crippen molar-refractivity contribution in [1.82, 2.24) is 0 Å². The molecule has 0 saturated carbocycles. The Morgan fingerprint density at radius 1 is 1.78 bits per heavy atom. The van der Waals surface area contributed by atoms with Gasteiger partial charge in [0.1, 0.15) is 0 Å². The van der Waals surface area contributed by atoms with Gasteiger partial charge in [0.25, 0.3) is 0 Å². The highest BCUT2D eigenvalue weighted by atomic mass is 16.1. The molecule has 9 heavy (non-hydrogen) atoms. The first-order valence-electron chi connectivity index (χ1n) is 5.61. The lowest BCUT2D eigenvalue weighted by Gasteiger charge is -2.07. The topological polar surface area (TPSA) is 29.4 Å². The van der Waals surface area contributed by atoms with Crippen molar-refractivity contribution in [1.29, 1.82) is 0 Å². The fraction of sp³-hybridized carbons (Fsp3) is 0.714. The zero-order valence-electron chi connectivity index (χ0n) is 11.1. The molecule has 1 aliphatic rings. The number of hydrogen-bond donors (Lipinski definition) is 0. The summed E-state index contributed by atoms with van der Waals surface area (Å²) in [6.07, 6.45) is -5.66. The maximum atomic E-state index is 11.0. The summed E-state index contributed by atoms with van der Waals surface area (Å²) in [5, 5.41) is 0. The molecule has 0 amide bonds. The van der Waals surface area contributed by atoms with Crippen LogP contribution in [0.25, 0.3) is 0 Å². The molecular formula is C7H11NO. The van der Waals surface area contributed by atoms with Gasteiger partial charge in [-0.05, 0) is 19.2 Å². The number of rotatable bonds is 1. The van der Waals surface area contributed by atoms with Crippen LogP contribution in [-0.4, -0.2) is 18.0 Å². The van der Waals surface area contributed by atoms with Crippen molar-refractivity contribution < 1.29 is 13.0 Å². The van der Waals surface area contributed by atoms with Crippen LogP contribution in [0.1, 0.15) is 34.3 Å². The Morgan fingerprint density at radius 3 is 3.11 bits per heavy atom. The van der Waals surface area contributed by atoms with Gasteiger partial charge < -0.3 is 0 Å². The van der Waals surface area contributed by atoms with Crippen molar-refractivity contribution in [2.75, 3.05) is 6.50 Å². The third-order valence-electron chi connectivity index (χ3n) is 0.997. The molecule has 0 atom stereocenters.